The highest BCUT2D eigenvalue weighted by Gasteiger charge is 1.88. The molecule has 0 bridgehead atoms. The molecule has 12 heavy (non-hydrogen) atoms. The molecule has 1 rings (SSSR count). The van der Waals surface area contributed by atoms with Crippen LogP contribution in [0.15, 0.2) is 12.1 Å². The number of aryl methyl sites for hydroxylation is 1. The van der Waals surface area contributed by atoms with Crippen molar-refractivity contribution < 1.29 is 0 Å². The molecule has 0 atom stereocenters. The largest absolute Gasteiger partial charge is 0.132 e. The lowest BCUT2D eigenvalue weighted by Gasteiger charge is -1.75. The number of hydrogen-bond acceptors (Lipinski definition) is 1. The molecule has 0 radical (unpaired) electrons. The van der Waals surface area contributed by atoms with Crippen LogP contribution in [0.2, 0.25) is 0 Å². The highest BCUT2D eigenvalue weighted by molar-refractivity contribution is 7.12. The predicted molar refractivity (Wildman–Crippen MR) is 57.6 cm³/mol. The van der Waals surface area contributed by atoms with Gasteiger partial charge in [-0.15, -0.1) is 11.3 Å². The summed E-state index contributed by atoms with van der Waals surface area (Å²) in [5.74, 6) is 6.12. The molecule has 0 amide bonds. The minimum Gasteiger partial charge on any atom is -0.132 e. The minimum absolute atomic E-state index is 0.941. The maximum Gasteiger partial charge on any atom is 0.0771 e. The van der Waals surface area contributed by atoms with Crippen molar-refractivity contribution in [3.8, 4) is 11.8 Å². The second kappa shape index (κ2) is 6.94. The molecular formula is C11H16S. The van der Waals surface area contributed by atoms with E-state index in [0.29, 0.717) is 0 Å². The molecule has 1 heterocycles. The maximum atomic E-state index is 3.08. The second-order valence-corrected chi connectivity index (χ2v) is 3.35. The van der Waals surface area contributed by atoms with Crippen LogP contribution in [-0.2, 0) is 0 Å². The summed E-state index contributed by atoms with van der Waals surface area (Å²) in [6.07, 6.45) is 0.941. The molecule has 0 aliphatic rings. The van der Waals surface area contributed by atoms with Crippen LogP contribution in [0.4, 0.5) is 0 Å². The van der Waals surface area contributed by atoms with Crippen molar-refractivity contribution in [1.82, 2.24) is 0 Å². The molecule has 0 saturated carbocycles. The lowest BCUT2D eigenvalue weighted by molar-refractivity contribution is 1.28. The first kappa shape index (κ1) is 11.3. The first-order valence-corrected chi connectivity index (χ1v) is 5.20. The van der Waals surface area contributed by atoms with Crippen molar-refractivity contribution in [3.05, 3.63) is 21.9 Å². The molecule has 1 heteroatoms. The number of hydrogen-bond donors (Lipinski definition) is 0. The van der Waals surface area contributed by atoms with Crippen LogP contribution in [0, 0.1) is 18.8 Å². The highest BCUT2D eigenvalue weighted by Crippen LogP contribution is 2.12. The fourth-order valence-electron chi connectivity index (χ4n) is 0.677. The minimum atomic E-state index is 0.941. The second-order valence-electron chi connectivity index (χ2n) is 2.07. The lowest BCUT2D eigenvalue weighted by Crippen LogP contribution is -1.58. The van der Waals surface area contributed by atoms with Crippen LogP contribution in [0.5, 0.6) is 0 Å². The third-order valence-corrected chi connectivity index (χ3v) is 2.04. The standard InChI is InChI=1S/C9H10S.C2H6/c1-3-4-5-9-7-6-8(2)10-9;1-2/h6-7H,3H2,1-2H3;1-2H3. The van der Waals surface area contributed by atoms with Gasteiger partial charge in [0.25, 0.3) is 0 Å². The summed E-state index contributed by atoms with van der Waals surface area (Å²) >= 11 is 1.75. The van der Waals surface area contributed by atoms with E-state index in [1.54, 1.807) is 11.3 Å². The molecule has 66 valence electrons. The van der Waals surface area contributed by atoms with Gasteiger partial charge in [0.1, 0.15) is 0 Å². The van der Waals surface area contributed by atoms with Crippen LogP contribution >= 0.6 is 11.3 Å². The molecular weight excluding hydrogens is 164 g/mol. The Morgan fingerprint density at radius 3 is 2.42 bits per heavy atom. The average Bonchev–Trinajstić information content (AvgIpc) is 2.51. The maximum absolute atomic E-state index is 3.08. The quantitative estimate of drug-likeness (QED) is 0.532. The third kappa shape index (κ3) is 4.20. The summed E-state index contributed by atoms with van der Waals surface area (Å²) in [6, 6.07) is 4.17. The molecule has 0 spiro atoms. The molecule has 0 nitrogen and oxygen atoms in total. The summed E-state index contributed by atoms with van der Waals surface area (Å²) in [5, 5.41) is 0. The highest BCUT2D eigenvalue weighted by atomic mass is 32.1. The van der Waals surface area contributed by atoms with Gasteiger partial charge in [0.15, 0.2) is 0 Å². The zero-order valence-electron chi connectivity index (χ0n) is 8.27. The molecule has 1 aromatic rings. The van der Waals surface area contributed by atoms with Crippen LogP contribution in [0.3, 0.4) is 0 Å². The molecule has 0 unspecified atom stereocenters. The van der Waals surface area contributed by atoms with Gasteiger partial charge in [-0.05, 0) is 19.1 Å². The van der Waals surface area contributed by atoms with Crippen molar-refractivity contribution >= 4 is 11.3 Å². The summed E-state index contributed by atoms with van der Waals surface area (Å²) in [5.41, 5.74) is 0. The van der Waals surface area contributed by atoms with Crippen LogP contribution < -0.4 is 0 Å². The van der Waals surface area contributed by atoms with Gasteiger partial charge in [-0.25, -0.2) is 0 Å². The first-order chi connectivity index (χ1) is 5.83. The Kier molecular flexibility index (Phi) is 6.51. The Hall–Kier alpha value is -0.740. The summed E-state index contributed by atoms with van der Waals surface area (Å²) in [4.78, 5) is 2.51. The van der Waals surface area contributed by atoms with E-state index in [0.717, 1.165) is 6.42 Å². The molecule has 0 aliphatic heterocycles. The fraction of sp³-hybridized carbons (Fsp3) is 0.455. The van der Waals surface area contributed by atoms with Crippen LogP contribution in [0.25, 0.3) is 0 Å². The SMILES string of the molecule is CC.CCC#Cc1ccc(C)s1. The Bertz CT molecular complexity index is 260. The Labute approximate surface area is 79.6 Å². The third-order valence-electron chi connectivity index (χ3n) is 1.13. The molecule has 0 saturated heterocycles. The van der Waals surface area contributed by atoms with E-state index in [1.165, 1.54) is 9.75 Å². The monoisotopic (exact) mass is 180 g/mol. The smallest absolute Gasteiger partial charge is 0.0771 e. The van der Waals surface area contributed by atoms with Gasteiger partial charge in [0.2, 0.25) is 0 Å². The van der Waals surface area contributed by atoms with E-state index in [-0.39, 0.29) is 0 Å². The summed E-state index contributed by atoms with van der Waals surface area (Å²) in [6.45, 7) is 8.16. The molecule has 0 aliphatic carbocycles. The lowest BCUT2D eigenvalue weighted by atomic mass is 10.4. The Morgan fingerprint density at radius 2 is 2.00 bits per heavy atom. The van der Waals surface area contributed by atoms with E-state index in [4.69, 9.17) is 0 Å². The van der Waals surface area contributed by atoms with E-state index in [2.05, 4.69) is 37.8 Å². The number of rotatable bonds is 0. The van der Waals surface area contributed by atoms with Crippen molar-refractivity contribution in [2.24, 2.45) is 0 Å². The van der Waals surface area contributed by atoms with Gasteiger partial charge in [0.05, 0.1) is 4.88 Å². The van der Waals surface area contributed by atoms with Crippen molar-refractivity contribution in [3.63, 3.8) is 0 Å². The van der Waals surface area contributed by atoms with Gasteiger partial charge < -0.3 is 0 Å². The van der Waals surface area contributed by atoms with Crippen molar-refractivity contribution in [1.29, 1.82) is 0 Å². The van der Waals surface area contributed by atoms with Crippen LogP contribution in [0.1, 0.15) is 36.9 Å². The van der Waals surface area contributed by atoms with Crippen molar-refractivity contribution in [2.75, 3.05) is 0 Å². The Balaban J connectivity index is 0.000000561. The normalized spacial score (nSPS) is 7.67. The molecule has 0 N–H and O–H groups in total. The topological polar surface area (TPSA) is 0 Å². The van der Waals surface area contributed by atoms with E-state index >= 15 is 0 Å². The van der Waals surface area contributed by atoms with E-state index in [1.807, 2.05) is 13.8 Å². The summed E-state index contributed by atoms with van der Waals surface area (Å²) in [7, 11) is 0. The van der Waals surface area contributed by atoms with Gasteiger partial charge >= 0.3 is 0 Å². The zero-order valence-corrected chi connectivity index (χ0v) is 9.09. The van der Waals surface area contributed by atoms with E-state index in [9.17, 15) is 0 Å². The molecule has 0 fully saturated rings. The number of thiophene rings is 1. The van der Waals surface area contributed by atoms with Gasteiger partial charge in [-0.1, -0.05) is 32.6 Å². The van der Waals surface area contributed by atoms with Gasteiger partial charge in [-0.3, -0.25) is 0 Å². The van der Waals surface area contributed by atoms with Crippen molar-refractivity contribution in [2.45, 2.75) is 34.1 Å². The van der Waals surface area contributed by atoms with Gasteiger partial charge in [-0.2, -0.15) is 0 Å². The zero-order chi connectivity index (χ0) is 9.40. The Morgan fingerprint density at radius 1 is 1.33 bits per heavy atom. The predicted octanol–water partition coefficient (Wildman–Crippen LogP) is 3.84. The summed E-state index contributed by atoms with van der Waals surface area (Å²) < 4.78 is 0. The van der Waals surface area contributed by atoms with E-state index < -0.39 is 0 Å². The van der Waals surface area contributed by atoms with Crippen LogP contribution in [-0.4, -0.2) is 0 Å². The molecule has 0 aromatic carbocycles. The molecule has 1 aromatic heterocycles. The first-order valence-electron chi connectivity index (χ1n) is 4.38. The average molecular weight is 180 g/mol. The fourth-order valence-corrected chi connectivity index (χ4v) is 1.42. The van der Waals surface area contributed by atoms with Gasteiger partial charge in [0, 0.05) is 11.3 Å².